The Hall–Kier alpha value is -3.43. The third-order valence-corrected chi connectivity index (χ3v) is 3.87. The molecular weight excluding hydrogens is 302 g/mol. The number of aromatic nitrogens is 2. The number of aliphatic hydroxyl groups is 1. The van der Waals surface area contributed by atoms with Crippen molar-refractivity contribution in [1.29, 1.82) is 0 Å². The lowest BCUT2D eigenvalue weighted by Gasteiger charge is -2.11. The van der Waals surface area contributed by atoms with E-state index in [0.717, 1.165) is 5.56 Å². The van der Waals surface area contributed by atoms with Crippen LogP contribution in [0.2, 0.25) is 0 Å². The van der Waals surface area contributed by atoms with Crippen LogP contribution >= 0.6 is 0 Å². The molecule has 118 valence electrons. The lowest BCUT2D eigenvalue weighted by Crippen LogP contribution is -2.13. The second kappa shape index (κ2) is 5.65. The van der Waals surface area contributed by atoms with Crippen LogP contribution in [0.15, 0.2) is 66.1 Å². The van der Waals surface area contributed by atoms with Crippen molar-refractivity contribution < 1.29 is 10.2 Å². The molecule has 0 fully saturated rings. The topological polar surface area (TPSA) is 81.2 Å². The first-order valence-corrected chi connectivity index (χ1v) is 7.59. The summed E-state index contributed by atoms with van der Waals surface area (Å²) in [5, 5.41) is 23.6. The lowest BCUT2D eigenvalue weighted by atomic mass is 10.1. The summed E-state index contributed by atoms with van der Waals surface area (Å²) in [6.45, 7) is 0.554. The maximum Gasteiger partial charge on any atom is 0.158 e. The third-order valence-electron chi connectivity index (χ3n) is 3.87. The smallest absolute Gasteiger partial charge is 0.158 e. The fourth-order valence-corrected chi connectivity index (χ4v) is 2.72. The number of allylic oxidation sites excluding steroid dienone is 1. The highest BCUT2D eigenvalue weighted by atomic mass is 16.3. The van der Waals surface area contributed by atoms with Gasteiger partial charge in [0, 0.05) is 18.2 Å². The van der Waals surface area contributed by atoms with Gasteiger partial charge in [-0.05, 0) is 18.2 Å². The largest absolute Gasteiger partial charge is 0.508 e. The third kappa shape index (κ3) is 2.43. The Morgan fingerprint density at radius 3 is 2.71 bits per heavy atom. The van der Waals surface area contributed by atoms with Gasteiger partial charge < -0.3 is 20.5 Å². The summed E-state index contributed by atoms with van der Waals surface area (Å²) in [7, 11) is 0. The molecule has 5 heteroatoms. The van der Waals surface area contributed by atoms with E-state index in [0.29, 0.717) is 34.7 Å². The van der Waals surface area contributed by atoms with Gasteiger partial charge in [-0.2, -0.15) is 0 Å². The van der Waals surface area contributed by atoms with E-state index in [9.17, 15) is 10.2 Å². The number of phenols is 1. The highest BCUT2D eigenvalue weighted by Crippen LogP contribution is 2.28. The zero-order valence-electron chi connectivity index (χ0n) is 12.7. The number of H-pyrrole nitrogens is 1. The summed E-state index contributed by atoms with van der Waals surface area (Å²) in [4.78, 5) is 7.61. The first kappa shape index (κ1) is 14.2. The number of phenolic OH excluding ortho intramolecular Hbond substituents is 1. The lowest BCUT2D eigenvalue weighted by molar-refractivity contribution is 0.437. The molecule has 24 heavy (non-hydrogen) atoms. The molecule has 0 saturated carbocycles. The van der Waals surface area contributed by atoms with Crippen molar-refractivity contribution in [2.75, 3.05) is 6.54 Å². The van der Waals surface area contributed by atoms with E-state index < -0.39 is 0 Å². The number of aliphatic hydroxyl groups excluding tert-OH is 1. The molecule has 0 saturated heterocycles. The van der Waals surface area contributed by atoms with E-state index in [1.165, 1.54) is 0 Å². The highest BCUT2D eigenvalue weighted by Gasteiger charge is 2.18. The van der Waals surface area contributed by atoms with Crippen LogP contribution in [0.5, 0.6) is 5.75 Å². The predicted molar refractivity (Wildman–Crippen MR) is 93.2 cm³/mol. The monoisotopic (exact) mass is 317 g/mol. The van der Waals surface area contributed by atoms with Crippen LogP contribution in [0.4, 0.5) is 0 Å². The second-order valence-corrected chi connectivity index (χ2v) is 5.48. The molecule has 1 aliphatic rings. The van der Waals surface area contributed by atoms with Crippen molar-refractivity contribution in [1.82, 2.24) is 15.3 Å². The molecule has 1 aliphatic heterocycles. The van der Waals surface area contributed by atoms with Gasteiger partial charge in [0.2, 0.25) is 0 Å². The Balaban J connectivity index is 1.87. The molecule has 4 rings (SSSR count). The van der Waals surface area contributed by atoms with Crippen molar-refractivity contribution in [3.05, 3.63) is 77.5 Å². The molecule has 0 aliphatic carbocycles. The first-order chi connectivity index (χ1) is 11.7. The molecule has 4 N–H and O–H groups in total. The summed E-state index contributed by atoms with van der Waals surface area (Å²) >= 11 is 0. The number of fused-ring (bicyclic) bond motifs is 1. The number of imidazole rings is 1. The molecule has 5 nitrogen and oxygen atoms in total. The molecule has 0 amide bonds. The van der Waals surface area contributed by atoms with Crippen molar-refractivity contribution >= 4 is 22.3 Å². The van der Waals surface area contributed by atoms with Gasteiger partial charge in [-0.15, -0.1) is 5.73 Å². The van der Waals surface area contributed by atoms with E-state index in [1.54, 1.807) is 18.2 Å². The predicted octanol–water partition coefficient (Wildman–Crippen LogP) is 3.34. The Morgan fingerprint density at radius 1 is 1.04 bits per heavy atom. The fraction of sp³-hybridized carbons (Fsp3) is 0.0526. The average Bonchev–Trinajstić information content (AvgIpc) is 2.91. The van der Waals surface area contributed by atoms with Gasteiger partial charge in [0.05, 0.1) is 16.7 Å². The van der Waals surface area contributed by atoms with Crippen LogP contribution in [-0.2, 0) is 0 Å². The zero-order valence-corrected chi connectivity index (χ0v) is 12.7. The van der Waals surface area contributed by atoms with Crippen molar-refractivity contribution in [2.24, 2.45) is 0 Å². The molecule has 0 unspecified atom stereocenters. The minimum Gasteiger partial charge on any atom is -0.508 e. The number of hydrogen-bond donors (Lipinski definition) is 4. The summed E-state index contributed by atoms with van der Waals surface area (Å²) in [5.74, 6) is 0.745. The fourth-order valence-electron chi connectivity index (χ4n) is 2.72. The maximum absolute atomic E-state index is 10.8. The van der Waals surface area contributed by atoms with Crippen molar-refractivity contribution in [3.8, 4) is 5.75 Å². The van der Waals surface area contributed by atoms with E-state index in [4.69, 9.17) is 0 Å². The molecule has 1 aromatic heterocycles. The normalized spacial score (nSPS) is 14.4. The molecule has 0 radical (unpaired) electrons. The minimum absolute atomic E-state index is 0.0817. The number of nitrogens with zero attached hydrogens (tertiary/aromatic N) is 1. The maximum atomic E-state index is 10.8. The number of nitrogens with one attached hydrogen (secondary N) is 2. The summed E-state index contributed by atoms with van der Waals surface area (Å²) in [6, 6.07) is 14.5. The summed E-state index contributed by atoms with van der Waals surface area (Å²) in [6.07, 6.45) is 1.81. The number of rotatable bonds is 2. The van der Waals surface area contributed by atoms with Gasteiger partial charge in [0.25, 0.3) is 0 Å². The molecule has 2 heterocycles. The molecule has 0 atom stereocenters. The highest BCUT2D eigenvalue weighted by molar-refractivity contribution is 5.88. The van der Waals surface area contributed by atoms with E-state index in [2.05, 4.69) is 21.0 Å². The van der Waals surface area contributed by atoms with Gasteiger partial charge in [-0.25, -0.2) is 4.98 Å². The Labute approximate surface area is 138 Å². The molecular formula is C19H15N3O2. The quantitative estimate of drug-likeness (QED) is 0.547. The molecule has 2 aromatic carbocycles. The van der Waals surface area contributed by atoms with Gasteiger partial charge >= 0.3 is 0 Å². The van der Waals surface area contributed by atoms with Crippen LogP contribution in [0.1, 0.15) is 11.4 Å². The molecule has 3 aromatic rings. The number of aromatic hydroxyl groups is 1. The summed E-state index contributed by atoms with van der Waals surface area (Å²) < 4.78 is 0. The SMILES string of the molecule is OC1=C(c2ccccc2)NCC=C=C1c1nc2ccc(O)cc2[nH]1. The summed E-state index contributed by atoms with van der Waals surface area (Å²) in [5.41, 5.74) is 6.50. The van der Waals surface area contributed by atoms with Gasteiger partial charge in [-0.1, -0.05) is 30.3 Å². The van der Waals surface area contributed by atoms with Crippen LogP contribution < -0.4 is 5.32 Å². The van der Waals surface area contributed by atoms with Gasteiger partial charge in [-0.3, -0.25) is 0 Å². The second-order valence-electron chi connectivity index (χ2n) is 5.48. The van der Waals surface area contributed by atoms with Gasteiger partial charge in [0.15, 0.2) is 5.76 Å². The van der Waals surface area contributed by atoms with Crippen molar-refractivity contribution in [2.45, 2.75) is 0 Å². The zero-order chi connectivity index (χ0) is 16.5. The Kier molecular flexibility index (Phi) is 3.34. The number of benzene rings is 2. The minimum atomic E-state index is 0.0817. The number of aromatic amines is 1. The van der Waals surface area contributed by atoms with Crippen LogP contribution in [0.25, 0.3) is 22.3 Å². The van der Waals surface area contributed by atoms with Crippen LogP contribution in [-0.4, -0.2) is 26.7 Å². The molecule has 0 spiro atoms. The standard InChI is InChI=1S/C19H15N3O2/c23-13-8-9-15-16(11-13)22-19(21-15)14-7-4-10-20-17(18(14)24)12-5-2-1-3-6-12/h1-6,8-9,11,20,23-24H,10H2,(H,21,22). The first-order valence-electron chi connectivity index (χ1n) is 7.59. The van der Waals surface area contributed by atoms with E-state index in [-0.39, 0.29) is 11.5 Å². The van der Waals surface area contributed by atoms with Crippen LogP contribution in [0, 0.1) is 0 Å². The Morgan fingerprint density at radius 2 is 1.88 bits per heavy atom. The van der Waals surface area contributed by atoms with Crippen LogP contribution in [0.3, 0.4) is 0 Å². The van der Waals surface area contributed by atoms with E-state index in [1.807, 2.05) is 36.4 Å². The van der Waals surface area contributed by atoms with E-state index >= 15 is 0 Å². The number of hydrogen-bond acceptors (Lipinski definition) is 4. The molecule has 0 bridgehead atoms. The average molecular weight is 317 g/mol. The van der Waals surface area contributed by atoms with Crippen molar-refractivity contribution in [3.63, 3.8) is 0 Å². The Bertz CT molecular complexity index is 1010. The van der Waals surface area contributed by atoms with Gasteiger partial charge in [0.1, 0.15) is 17.1 Å².